The van der Waals surface area contributed by atoms with Crippen LogP contribution in [-0.4, -0.2) is 25.4 Å². The predicted molar refractivity (Wildman–Crippen MR) is 108 cm³/mol. The van der Waals surface area contributed by atoms with Crippen LogP contribution in [0.4, 0.5) is 5.69 Å². The Morgan fingerprint density at radius 1 is 1.32 bits per heavy atom. The molecule has 3 aromatic rings. The Labute approximate surface area is 162 Å². The Morgan fingerprint density at radius 2 is 2.18 bits per heavy atom. The van der Waals surface area contributed by atoms with Crippen molar-refractivity contribution in [1.82, 2.24) is 19.5 Å². The molecule has 144 valence electrons. The zero-order valence-electron chi connectivity index (χ0n) is 16.0. The first-order valence-corrected chi connectivity index (χ1v) is 9.62. The lowest BCUT2D eigenvalue weighted by molar-refractivity contribution is 0.102. The minimum absolute atomic E-state index is 0.186. The van der Waals surface area contributed by atoms with Crippen LogP contribution in [0, 0.1) is 0 Å². The average molecular weight is 377 g/mol. The van der Waals surface area contributed by atoms with Gasteiger partial charge in [0.2, 0.25) is 0 Å². The Kier molecular flexibility index (Phi) is 4.81. The zero-order valence-corrected chi connectivity index (χ0v) is 16.0. The number of nitrogens with zero attached hydrogens (tertiary/aromatic N) is 3. The molecule has 0 fully saturated rings. The SMILES string of the molecule is CCc1cc(=O)[nH]c(-c2cccc(NC(=O)c3cn4c(n3)C(C)CCC4)c2)n1. The first-order chi connectivity index (χ1) is 13.5. The third-order valence-electron chi connectivity index (χ3n) is 5.07. The van der Waals surface area contributed by atoms with Crippen molar-refractivity contribution in [2.45, 2.75) is 45.6 Å². The fourth-order valence-corrected chi connectivity index (χ4v) is 3.57. The number of carbonyl (C=O) groups excluding carboxylic acids is 1. The summed E-state index contributed by atoms with van der Waals surface area (Å²) in [5.41, 5.74) is 2.34. The first kappa shape index (κ1) is 18.2. The minimum atomic E-state index is -0.241. The average Bonchev–Trinajstić information content (AvgIpc) is 3.14. The molecule has 0 radical (unpaired) electrons. The van der Waals surface area contributed by atoms with Crippen molar-refractivity contribution in [3.63, 3.8) is 0 Å². The molecule has 0 saturated heterocycles. The van der Waals surface area contributed by atoms with Gasteiger partial charge in [-0.2, -0.15) is 0 Å². The Morgan fingerprint density at radius 3 is 2.96 bits per heavy atom. The predicted octanol–water partition coefficient (Wildman–Crippen LogP) is 3.35. The van der Waals surface area contributed by atoms with Crippen molar-refractivity contribution >= 4 is 11.6 Å². The van der Waals surface area contributed by atoms with Gasteiger partial charge in [0.1, 0.15) is 17.3 Å². The lowest BCUT2D eigenvalue weighted by Gasteiger charge is -2.19. The molecule has 2 aromatic heterocycles. The van der Waals surface area contributed by atoms with Gasteiger partial charge in [0.15, 0.2) is 0 Å². The van der Waals surface area contributed by atoms with Crippen molar-refractivity contribution in [3.05, 3.63) is 64.1 Å². The van der Waals surface area contributed by atoms with E-state index in [1.165, 1.54) is 6.07 Å². The number of imidazole rings is 1. The molecule has 1 aromatic carbocycles. The van der Waals surface area contributed by atoms with Crippen molar-refractivity contribution in [3.8, 4) is 11.4 Å². The van der Waals surface area contributed by atoms with Crippen LogP contribution >= 0.6 is 0 Å². The topological polar surface area (TPSA) is 92.7 Å². The van der Waals surface area contributed by atoms with Crippen molar-refractivity contribution in [2.75, 3.05) is 5.32 Å². The summed E-state index contributed by atoms with van der Waals surface area (Å²) in [5.74, 6) is 1.59. The molecule has 1 aliphatic heterocycles. The number of aromatic amines is 1. The maximum Gasteiger partial charge on any atom is 0.275 e. The molecule has 7 nitrogen and oxygen atoms in total. The molecule has 0 aliphatic carbocycles. The molecular weight excluding hydrogens is 354 g/mol. The van der Waals surface area contributed by atoms with Crippen LogP contribution in [0.25, 0.3) is 11.4 Å². The Balaban J connectivity index is 1.58. The molecule has 1 amide bonds. The molecule has 7 heteroatoms. The Bertz CT molecular complexity index is 1080. The minimum Gasteiger partial charge on any atom is -0.334 e. The molecule has 28 heavy (non-hydrogen) atoms. The Hall–Kier alpha value is -3.22. The van der Waals surface area contributed by atoms with E-state index in [1.54, 1.807) is 6.07 Å². The van der Waals surface area contributed by atoms with Crippen LogP contribution < -0.4 is 10.9 Å². The number of anilines is 1. The molecule has 1 aliphatic rings. The molecule has 0 saturated carbocycles. The van der Waals surface area contributed by atoms with Crippen LogP contribution in [0.5, 0.6) is 0 Å². The number of carbonyl (C=O) groups is 1. The van der Waals surface area contributed by atoms with E-state index in [0.717, 1.165) is 36.5 Å². The number of hydrogen-bond acceptors (Lipinski definition) is 4. The number of nitrogens with one attached hydrogen (secondary N) is 2. The summed E-state index contributed by atoms with van der Waals surface area (Å²) in [6, 6.07) is 8.78. The van der Waals surface area contributed by atoms with Gasteiger partial charge in [0.05, 0.1) is 0 Å². The second kappa shape index (κ2) is 7.42. The summed E-state index contributed by atoms with van der Waals surface area (Å²) in [6.07, 6.45) is 4.71. The number of aryl methyl sites for hydroxylation is 2. The maximum atomic E-state index is 12.7. The third kappa shape index (κ3) is 3.60. The summed E-state index contributed by atoms with van der Waals surface area (Å²) < 4.78 is 2.07. The number of H-pyrrole nitrogens is 1. The van der Waals surface area contributed by atoms with E-state index >= 15 is 0 Å². The van der Waals surface area contributed by atoms with Gasteiger partial charge in [-0.3, -0.25) is 9.59 Å². The number of hydrogen-bond donors (Lipinski definition) is 2. The van der Waals surface area contributed by atoms with Crippen LogP contribution in [-0.2, 0) is 13.0 Å². The van der Waals surface area contributed by atoms with E-state index in [9.17, 15) is 9.59 Å². The molecule has 2 N–H and O–H groups in total. The quantitative estimate of drug-likeness (QED) is 0.729. The van der Waals surface area contributed by atoms with Gasteiger partial charge in [-0.1, -0.05) is 26.0 Å². The van der Waals surface area contributed by atoms with Gasteiger partial charge in [-0.05, 0) is 31.4 Å². The standard InChI is InChI=1S/C21H23N5O2/c1-3-15-11-18(27)25-19(22-15)14-7-4-8-16(10-14)23-21(28)17-12-26-9-5-6-13(2)20(26)24-17/h4,7-8,10-13H,3,5-6,9H2,1-2H3,(H,23,28)(H,22,25,27). The number of benzene rings is 1. The highest BCUT2D eigenvalue weighted by Gasteiger charge is 2.21. The second-order valence-corrected chi connectivity index (χ2v) is 7.19. The lowest BCUT2D eigenvalue weighted by atomic mass is 10.0. The number of fused-ring (bicyclic) bond motifs is 1. The van der Waals surface area contributed by atoms with Gasteiger partial charge < -0.3 is 14.9 Å². The smallest absolute Gasteiger partial charge is 0.275 e. The van der Waals surface area contributed by atoms with Crippen LogP contribution in [0.2, 0.25) is 0 Å². The number of aromatic nitrogens is 4. The van der Waals surface area contributed by atoms with Gasteiger partial charge in [-0.15, -0.1) is 0 Å². The first-order valence-electron chi connectivity index (χ1n) is 9.62. The number of rotatable bonds is 4. The van der Waals surface area contributed by atoms with Crippen molar-refractivity contribution < 1.29 is 4.79 Å². The zero-order chi connectivity index (χ0) is 19.7. The van der Waals surface area contributed by atoms with E-state index in [4.69, 9.17) is 0 Å². The van der Waals surface area contributed by atoms with Crippen LogP contribution in [0.1, 0.15) is 54.6 Å². The van der Waals surface area contributed by atoms with E-state index in [1.807, 2.05) is 31.3 Å². The summed E-state index contributed by atoms with van der Waals surface area (Å²) in [7, 11) is 0. The number of amides is 1. The highest BCUT2D eigenvalue weighted by atomic mass is 16.2. The lowest BCUT2D eigenvalue weighted by Crippen LogP contribution is -2.13. The fourth-order valence-electron chi connectivity index (χ4n) is 3.57. The molecular formula is C21H23N5O2. The highest BCUT2D eigenvalue weighted by Crippen LogP contribution is 2.26. The molecule has 1 unspecified atom stereocenters. The third-order valence-corrected chi connectivity index (χ3v) is 5.07. The maximum absolute atomic E-state index is 12.7. The van der Waals surface area contributed by atoms with E-state index < -0.39 is 0 Å². The molecule has 0 bridgehead atoms. The van der Waals surface area contributed by atoms with E-state index in [0.29, 0.717) is 29.5 Å². The summed E-state index contributed by atoms with van der Waals surface area (Å²) in [4.78, 5) is 36.3. The molecule has 0 spiro atoms. The van der Waals surface area contributed by atoms with Gasteiger partial charge in [0, 0.05) is 41.7 Å². The van der Waals surface area contributed by atoms with Crippen molar-refractivity contribution in [1.29, 1.82) is 0 Å². The van der Waals surface area contributed by atoms with Gasteiger partial charge in [-0.25, -0.2) is 9.97 Å². The summed E-state index contributed by atoms with van der Waals surface area (Å²) in [5, 5.41) is 2.90. The van der Waals surface area contributed by atoms with Crippen LogP contribution in [0.3, 0.4) is 0 Å². The monoisotopic (exact) mass is 377 g/mol. The second-order valence-electron chi connectivity index (χ2n) is 7.19. The van der Waals surface area contributed by atoms with Gasteiger partial charge >= 0.3 is 0 Å². The summed E-state index contributed by atoms with van der Waals surface area (Å²) in [6.45, 7) is 5.00. The molecule has 1 atom stereocenters. The van der Waals surface area contributed by atoms with E-state index in [-0.39, 0.29) is 11.5 Å². The normalized spacial score (nSPS) is 15.9. The van der Waals surface area contributed by atoms with Crippen molar-refractivity contribution in [2.24, 2.45) is 0 Å². The summed E-state index contributed by atoms with van der Waals surface area (Å²) >= 11 is 0. The van der Waals surface area contributed by atoms with Gasteiger partial charge in [0.25, 0.3) is 11.5 Å². The van der Waals surface area contributed by atoms with E-state index in [2.05, 4.69) is 31.8 Å². The fraction of sp³-hybridized carbons (Fsp3) is 0.333. The largest absolute Gasteiger partial charge is 0.334 e. The molecule has 3 heterocycles. The van der Waals surface area contributed by atoms with Crippen LogP contribution in [0.15, 0.2) is 41.3 Å². The molecule has 4 rings (SSSR count). The highest BCUT2D eigenvalue weighted by molar-refractivity contribution is 6.03.